The quantitative estimate of drug-likeness (QED) is 0.773. The lowest BCUT2D eigenvalue weighted by Gasteiger charge is -2.01. The third-order valence-electron chi connectivity index (χ3n) is 2.02. The Morgan fingerprint density at radius 1 is 1.21 bits per heavy atom. The summed E-state index contributed by atoms with van der Waals surface area (Å²) in [6.45, 7) is 0.550. The molecule has 0 saturated carbocycles. The Kier molecular flexibility index (Phi) is 2.51. The molecule has 0 fully saturated rings. The number of rotatable bonds is 2. The van der Waals surface area contributed by atoms with Crippen LogP contribution in [0.1, 0.15) is 5.56 Å². The minimum atomic E-state index is 0.550. The van der Waals surface area contributed by atoms with Crippen molar-refractivity contribution in [2.24, 2.45) is 5.73 Å². The summed E-state index contributed by atoms with van der Waals surface area (Å²) in [6, 6.07) is 8.01. The molecule has 1 aromatic carbocycles. The van der Waals surface area contributed by atoms with E-state index in [1.807, 2.05) is 24.3 Å². The zero-order valence-electron chi connectivity index (χ0n) is 7.72. The summed E-state index contributed by atoms with van der Waals surface area (Å²) in [5.41, 5.74) is 8.60. The second-order valence-corrected chi connectivity index (χ2v) is 3.00. The second-order valence-electron chi connectivity index (χ2n) is 3.00. The van der Waals surface area contributed by atoms with Gasteiger partial charge in [-0.1, -0.05) is 18.2 Å². The first-order valence-electron chi connectivity index (χ1n) is 4.45. The molecule has 14 heavy (non-hydrogen) atoms. The first-order chi connectivity index (χ1) is 6.90. The molecule has 1 heterocycles. The molecule has 0 radical (unpaired) electrons. The Hall–Kier alpha value is -1.74. The lowest BCUT2D eigenvalue weighted by Crippen LogP contribution is -1.96. The Balaban J connectivity index is 2.42. The van der Waals surface area contributed by atoms with Crippen molar-refractivity contribution < 1.29 is 0 Å². The van der Waals surface area contributed by atoms with Crippen LogP contribution in [0.25, 0.3) is 11.3 Å². The van der Waals surface area contributed by atoms with Gasteiger partial charge in [-0.25, -0.2) is 0 Å². The van der Waals surface area contributed by atoms with Gasteiger partial charge in [0, 0.05) is 24.5 Å². The molecule has 0 aliphatic rings. The molecule has 0 unspecified atom stereocenters. The number of hydrogen-bond donors (Lipinski definition) is 1. The molecule has 70 valence electrons. The first-order valence-corrected chi connectivity index (χ1v) is 4.45. The number of nitrogens with two attached hydrogens (primary N) is 1. The molecule has 0 aliphatic carbocycles. The molecule has 0 spiro atoms. The lowest BCUT2D eigenvalue weighted by atomic mass is 10.1. The molecule has 2 rings (SSSR count). The molecule has 0 atom stereocenters. The zero-order valence-corrected chi connectivity index (χ0v) is 7.72. The van der Waals surface area contributed by atoms with E-state index in [-0.39, 0.29) is 0 Å². The third kappa shape index (κ3) is 1.78. The predicted octanol–water partition coefficient (Wildman–Crippen LogP) is 1.60. The van der Waals surface area contributed by atoms with Crippen molar-refractivity contribution >= 4 is 0 Å². The largest absolute Gasteiger partial charge is 0.326 e. The van der Waals surface area contributed by atoms with Crippen molar-refractivity contribution in [3.63, 3.8) is 0 Å². The Bertz CT molecular complexity index is 412. The summed E-state index contributed by atoms with van der Waals surface area (Å²) in [4.78, 5) is 8.24. The van der Waals surface area contributed by atoms with Crippen molar-refractivity contribution in [2.75, 3.05) is 0 Å². The van der Waals surface area contributed by atoms with Gasteiger partial charge in [-0.15, -0.1) is 0 Å². The van der Waals surface area contributed by atoms with E-state index >= 15 is 0 Å². The molecule has 0 bridgehead atoms. The van der Waals surface area contributed by atoms with Gasteiger partial charge < -0.3 is 5.73 Å². The van der Waals surface area contributed by atoms with Gasteiger partial charge in [0.1, 0.15) is 0 Å². The molecule has 2 N–H and O–H groups in total. The molecule has 0 amide bonds. The van der Waals surface area contributed by atoms with Gasteiger partial charge in [0.05, 0.1) is 11.9 Å². The molecule has 2 aromatic rings. The summed E-state index contributed by atoms with van der Waals surface area (Å²) in [7, 11) is 0. The van der Waals surface area contributed by atoms with E-state index in [4.69, 9.17) is 5.73 Å². The molecule has 3 nitrogen and oxygen atoms in total. The molecular formula is C11H11N3. The number of aromatic nitrogens is 2. The second kappa shape index (κ2) is 3.98. The summed E-state index contributed by atoms with van der Waals surface area (Å²) >= 11 is 0. The molecule has 1 aromatic heterocycles. The summed E-state index contributed by atoms with van der Waals surface area (Å²) in [6.07, 6.45) is 5.09. The van der Waals surface area contributed by atoms with Crippen molar-refractivity contribution in [3.8, 4) is 11.3 Å². The summed E-state index contributed by atoms with van der Waals surface area (Å²) in [5.74, 6) is 0. The maximum Gasteiger partial charge on any atom is 0.0885 e. The normalized spacial score (nSPS) is 10.1. The van der Waals surface area contributed by atoms with Gasteiger partial charge in [0.25, 0.3) is 0 Å². The topological polar surface area (TPSA) is 51.8 Å². The number of benzene rings is 1. The van der Waals surface area contributed by atoms with Gasteiger partial charge in [-0.05, 0) is 11.6 Å². The predicted molar refractivity (Wildman–Crippen MR) is 55.4 cm³/mol. The lowest BCUT2D eigenvalue weighted by molar-refractivity contribution is 1.07. The standard InChI is InChI=1S/C11H11N3/c12-7-9-2-1-3-10(6-9)11-8-13-4-5-14-11/h1-6,8H,7,12H2. The van der Waals surface area contributed by atoms with Gasteiger partial charge >= 0.3 is 0 Å². The fourth-order valence-corrected chi connectivity index (χ4v) is 1.31. The van der Waals surface area contributed by atoms with Gasteiger partial charge in [-0.3, -0.25) is 9.97 Å². The molecule has 3 heteroatoms. The minimum absolute atomic E-state index is 0.550. The molecule has 0 saturated heterocycles. The van der Waals surface area contributed by atoms with Crippen LogP contribution in [0.2, 0.25) is 0 Å². The Morgan fingerprint density at radius 3 is 2.86 bits per heavy atom. The van der Waals surface area contributed by atoms with E-state index in [0.29, 0.717) is 6.54 Å². The van der Waals surface area contributed by atoms with Gasteiger partial charge in [-0.2, -0.15) is 0 Å². The molecule has 0 aliphatic heterocycles. The van der Waals surface area contributed by atoms with Crippen LogP contribution in [0, 0.1) is 0 Å². The van der Waals surface area contributed by atoms with Crippen molar-refractivity contribution in [2.45, 2.75) is 6.54 Å². The fourth-order valence-electron chi connectivity index (χ4n) is 1.31. The fraction of sp³-hybridized carbons (Fsp3) is 0.0909. The zero-order chi connectivity index (χ0) is 9.80. The highest BCUT2D eigenvalue weighted by Crippen LogP contribution is 2.16. The smallest absolute Gasteiger partial charge is 0.0885 e. The summed E-state index contributed by atoms with van der Waals surface area (Å²) in [5, 5.41) is 0. The van der Waals surface area contributed by atoms with Crippen LogP contribution in [0.15, 0.2) is 42.9 Å². The highest BCUT2D eigenvalue weighted by Gasteiger charge is 1.98. The highest BCUT2D eigenvalue weighted by atomic mass is 14.8. The number of nitrogens with zero attached hydrogens (tertiary/aromatic N) is 2. The van der Waals surface area contributed by atoms with Crippen LogP contribution >= 0.6 is 0 Å². The summed E-state index contributed by atoms with van der Waals surface area (Å²) < 4.78 is 0. The Morgan fingerprint density at radius 2 is 2.14 bits per heavy atom. The van der Waals surface area contributed by atoms with E-state index in [9.17, 15) is 0 Å². The minimum Gasteiger partial charge on any atom is -0.326 e. The van der Waals surface area contributed by atoms with Crippen molar-refractivity contribution in [3.05, 3.63) is 48.4 Å². The van der Waals surface area contributed by atoms with Crippen LogP contribution in [0.3, 0.4) is 0 Å². The van der Waals surface area contributed by atoms with Crippen LogP contribution in [-0.2, 0) is 6.54 Å². The third-order valence-corrected chi connectivity index (χ3v) is 2.02. The SMILES string of the molecule is NCc1cccc(-c2cnccn2)c1. The monoisotopic (exact) mass is 185 g/mol. The van der Waals surface area contributed by atoms with E-state index < -0.39 is 0 Å². The van der Waals surface area contributed by atoms with E-state index in [1.165, 1.54) is 0 Å². The Labute approximate surface area is 82.6 Å². The van der Waals surface area contributed by atoms with Crippen molar-refractivity contribution in [1.29, 1.82) is 0 Å². The van der Waals surface area contributed by atoms with Crippen molar-refractivity contribution in [1.82, 2.24) is 9.97 Å². The molecular weight excluding hydrogens is 174 g/mol. The van der Waals surface area contributed by atoms with Gasteiger partial charge in [0.15, 0.2) is 0 Å². The average Bonchev–Trinajstić information content (AvgIpc) is 2.30. The first kappa shape index (κ1) is 8.84. The van der Waals surface area contributed by atoms with E-state index in [2.05, 4.69) is 9.97 Å². The van der Waals surface area contributed by atoms with Crippen LogP contribution in [-0.4, -0.2) is 9.97 Å². The highest BCUT2D eigenvalue weighted by molar-refractivity contribution is 5.58. The average molecular weight is 185 g/mol. The maximum absolute atomic E-state index is 5.56. The van der Waals surface area contributed by atoms with Crippen LogP contribution < -0.4 is 5.73 Å². The maximum atomic E-state index is 5.56. The van der Waals surface area contributed by atoms with E-state index in [0.717, 1.165) is 16.8 Å². The van der Waals surface area contributed by atoms with Gasteiger partial charge in [0.2, 0.25) is 0 Å². The van der Waals surface area contributed by atoms with E-state index in [1.54, 1.807) is 18.6 Å². The number of hydrogen-bond acceptors (Lipinski definition) is 3. The van der Waals surface area contributed by atoms with Crippen LogP contribution in [0.5, 0.6) is 0 Å². The van der Waals surface area contributed by atoms with Crippen LogP contribution in [0.4, 0.5) is 0 Å².